The zero-order valence-corrected chi connectivity index (χ0v) is 17.4. The van der Waals surface area contributed by atoms with Gasteiger partial charge < -0.3 is 4.74 Å². The number of thiazole rings is 1. The van der Waals surface area contributed by atoms with Gasteiger partial charge in [-0.05, 0) is 55.8 Å². The van der Waals surface area contributed by atoms with Gasteiger partial charge in [-0.25, -0.2) is 4.98 Å². The molecule has 0 saturated heterocycles. The molecule has 2 heterocycles. The highest BCUT2D eigenvalue weighted by Crippen LogP contribution is 2.33. The number of methoxy groups -OCH3 is 1. The highest BCUT2D eigenvalue weighted by atomic mass is 32.1. The van der Waals surface area contributed by atoms with Gasteiger partial charge in [-0.2, -0.15) is 0 Å². The standard InChI is InChI=1S/C23H21N3O2S/c1-15-9-16(2)11-18(10-15)22(27)26(14-17-5-4-8-24-13-17)23-25-20-7-6-19(28-3)12-21(20)29-23/h4-13H,14H2,1-3H3. The van der Waals surface area contributed by atoms with E-state index in [4.69, 9.17) is 9.72 Å². The summed E-state index contributed by atoms with van der Waals surface area (Å²) in [6, 6.07) is 15.5. The maximum atomic E-state index is 13.5. The van der Waals surface area contributed by atoms with Gasteiger partial charge in [-0.3, -0.25) is 14.7 Å². The average molecular weight is 404 g/mol. The Hall–Kier alpha value is -3.25. The minimum Gasteiger partial charge on any atom is -0.497 e. The van der Waals surface area contributed by atoms with Crippen molar-refractivity contribution >= 4 is 32.6 Å². The van der Waals surface area contributed by atoms with E-state index in [-0.39, 0.29) is 5.91 Å². The van der Waals surface area contributed by atoms with Crippen LogP contribution in [0.15, 0.2) is 60.9 Å². The lowest BCUT2D eigenvalue weighted by Gasteiger charge is -2.20. The summed E-state index contributed by atoms with van der Waals surface area (Å²) in [6.07, 6.45) is 3.50. The number of ether oxygens (including phenoxy) is 1. The number of aryl methyl sites for hydroxylation is 2. The second-order valence-corrected chi connectivity index (χ2v) is 7.97. The van der Waals surface area contributed by atoms with Crippen molar-refractivity contribution < 1.29 is 9.53 Å². The second-order valence-electron chi connectivity index (χ2n) is 6.96. The van der Waals surface area contributed by atoms with E-state index >= 15 is 0 Å². The fourth-order valence-electron chi connectivity index (χ4n) is 3.29. The van der Waals surface area contributed by atoms with Crippen LogP contribution in [0.4, 0.5) is 5.13 Å². The summed E-state index contributed by atoms with van der Waals surface area (Å²) in [5, 5.41) is 0.654. The molecule has 0 unspecified atom stereocenters. The Morgan fingerprint density at radius 3 is 2.59 bits per heavy atom. The number of carbonyl (C=O) groups excluding carboxylic acids is 1. The highest BCUT2D eigenvalue weighted by Gasteiger charge is 2.22. The topological polar surface area (TPSA) is 55.3 Å². The van der Waals surface area contributed by atoms with Crippen LogP contribution < -0.4 is 9.64 Å². The van der Waals surface area contributed by atoms with Gasteiger partial charge in [-0.15, -0.1) is 0 Å². The molecular weight excluding hydrogens is 382 g/mol. The van der Waals surface area contributed by atoms with Crippen molar-refractivity contribution in [2.75, 3.05) is 12.0 Å². The molecule has 4 rings (SSSR count). The molecule has 6 heteroatoms. The summed E-state index contributed by atoms with van der Waals surface area (Å²) in [6.45, 7) is 4.40. The van der Waals surface area contributed by atoms with Gasteiger partial charge in [0.05, 0.1) is 23.9 Å². The molecule has 29 heavy (non-hydrogen) atoms. The molecule has 5 nitrogen and oxygen atoms in total. The number of fused-ring (bicyclic) bond motifs is 1. The van der Waals surface area contributed by atoms with E-state index in [1.807, 2.05) is 56.3 Å². The Labute approximate surface area is 173 Å². The lowest BCUT2D eigenvalue weighted by atomic mass is 10.1. The van der Waals surface area contributed by atoms with Crippen molar-refractivity contribution in [2.24, 2.45) is 0 Å². The first-order chi connectivity index (χ1) is 14.0. The van der Waals surface area contributed by atoms with Crippen LogP contribution in [0, 0.1) is 13.8 Å². The molecular formula is C23H21N3O2S. The number of aromatic nitrogens is 2. The average Bonchev–Trinajstić information content (AvgIpc) is 3.14. The molecule has 0 atom stereocenters. The molecule has 0 spiro atoms. The zero-order valence-electron chi connectivity index (χ0n) is 16.5. The Balaban J connectivity index is 1.78. The van der Waals surface area contributed by atoms with E-state index in [9.17, 15) is 4.79 Å². The summed E-state index contributed by atoms with van der Waals surface area (Å²) >= 11 is 1.48. The molecule has 2 aromatic carbocycles. The van der Waals surface area contributed by atoms with Crippen LogP contribution in [0.5, 0.6) is 5.75 Å². The molecule has 0 radical (unpaired) electrons. The van der Waals surface area contributed by atoms with Crippen molar-refractivity contribution in [3.63, 3.8) is 0 Å². The van der Waals surface area contributed by atoms with Gasteiger partial charge in [0.15, 0.2) is 5.13 Å². The van der Waals surface area contributed by atoms with Crippen molar-refractivity contribution in [3.05, 3.63) is 83.2 Å². The lowest BCUT2D eigenvalue weighted by molar-refractivity contribution is 0.0985. The SMILES string of the molecule is COc1ccc2nc(N(Cc3cccnc3)C(=O)c3cc(C)cc(C)c3)sc2c1. The maximum Gasteiger partial charge on any atom is 0.260 e. The number of pyridine rings is 1. The molecule has 0 saturated carbocycles. The predicted octanol–water partition coefficient (Wildman–Crippen LogP) is 5.16. The van der Waals surface area contributed by atoms with E-state index in [1.165, 1.54) is 11.3 Å². The first-order valence-electron chi connectivity index (χ1n) is 9.27. The number of rotatable bonds is 5. The fraction of sp³-hybridized carbons (Fsp3) is 0.174. The summed E-state index contributed by atoms with van der Waals surface area (Å²) < 4.78 is 6.30. The molecule has 2 aromatic heterocycles. The quantitative estimate of drug-likeness (QED) is 0.462. The number of carbonyl (C=O) groups is 1. The molecule has 1 amide bonds. The molecule has 4 aromatic rings. The van der Waals surface area contributed by atoms with E-state index < -0.39 is 0 Å². The Morgan fingerprint density at radius 1 is 1.10 bits per heavy atom. The Bertz CT molecular complexity index is 1150. The van der Waals surface area contributed by atoms with Crippen LogP contribution in [-0.2, 0) is 6.54 Å². The first-order valence-corrected chi connectivity index (χ1v) is 10.1. The maximum absolute atomic E-state index is 13.5. The number of hydrogen-bond donors (Lipinski definition) is 0. The monoisotopic (exact) mass is 403 g/mol. The van der Waals surface area contributed by atoms with Crippen LogP contribution in [0.1, 0.15) is 27.0 Å². The summed E-state index contributed by atoms with van der Waals surface area (Å²) in [7, 11) is 1.64. The molecule has 0 aliphatic carbocycles. The van der Waals surface area contributed by atoms with Gasteiger partial charge in [0.2, 0.25) is 0 Å². The van der Waals surface area contributed by atoms with E-state index in [0.29, 0.717) is 17.2 Å². The van der Waals surface area contributed by atoms with E-state index in [0.717, 1.165) is 32.7 Å². The third-order valence-corrected chi connectivity index (χ3v) is 5.63. The number of hydrogen-bond acceptors (Lipinski definition) is 5. The van der Waals surface area contributed by atoms with Crippen LogP contribution in [0.3, 0.4) is 0 Å². The first kappa shape index (κ1) is 19.1. The van der Waals surface area contributed by atoms with Crippen molar-refractivity contribution in [3.8, 4) is 5.75 Å². The molecule has 0 N–H and O–H groups in total. The molecule has 0 bridgehead atoms. The smallest absolute Gasteiger partial charge is 0.260 e. The summed E-state index contributed by atoms with van der Waals surface area (Å²) in [5.41, 5.74) is 4.56. The molecule has 0 aliphatic heterocycles. The minimum absolute atomic E-state index is 0.0772. The zero-order chi connectivity index (χ0) is 20.4. The van der Waals surface area contributed by atoms with Crippen LogP contribution in [-0.4, -0.2) is 23.0 Å². The van der Waals surface area contributed by atoms with Crippen molar-refractivity contribution in [1.82, 2.24) is 9.97 Å². The van der Waals surface area contributed by atoms with Crippen molar-refractivity contribution in [2.45, 2.75) is 20.4 Å². The number of amides is 1. The largest absolute Gasteiger partial charge is 0.497 e. The molecule has 0 fully saturated rings. The van der Waals surface area contributed by atoms with E-state index in [2.05, 4.69) is 11.1 Å². The number of anilines is 1. The number of nitrogens with zero attached hydrogens (tertiary/aromatic N) is 3. The van der Waals surface area contributed by atoms with Gasteiger partial charge in [0.25, 0.3) is 5.91 Å². The summed E-state index contributed by atoms with van der Waals surface area (Å²) in [5.74, 6) is 0.693. The lowest BCUT2D eigenvalue weighted by Crippen LogP contribution is -2.30. The fourth-order valence-corrected chi connectivity index (χ4v) is 4.28. The van der Waals surface area contributed by atoms with Crippen LogP contribution >= 0.6 is 11.3 Å². The van der Waals surface area contributed by atoms with Crippen LogP contribution in [0.25, 0.3) is 10.2 Å². The Kier molecular flexibility index (Phi) is 5.27. The van der Waals surface area contributed by atoms with Gasteiger partial charge in [0, 0.05) is 18.0 Å². The number of benzene rings is 2. The van der Waals surface area contributed by atoms with Gasteiger partial charge in [0.1, 0.15) is 5.75 Å². The highest BCUT2D eigenvalue weighted by molar-refractivity contribution is 7.22. The molecule has 0 aliphatic rings. The Morgan fingerprint density at radius 2 is 1.90 bits per heavy atom. The predicted molar refractivity (Wildman–Crippen MR) is 117 cm³/mol. The van der Waals surface area contributed by atoms with Crippen molar-refractivity contribution in [1.29, 1.82) is 0 Å². The minimum atomic E-state index is -0.0772. The van der Waals surface area contributed by atoms with Gasteiger partial charge in [-0.1, -0.05) is 34.6 Å². The second kappa shape index (κ2) is 8.01. The van der Waals surface area contributed by atoms with Gasteiger partial charge >= 0.3 is 0 Å². The van der Waals surface area contributed by atoms with Crippen LogP contribution in [0.2, 0.25) is 0 Å². The normalized spacial score (nSPS) is 10.9. The summed E-state index contributed by atoms with van der Waals surface area (Å²) in [4.78, 5) is 24.1. The molecule has 146 valence electrons. The van der Waals surface area contributed by atoms with E-state index in [1.54, 1.807) is 24.4 Å². The third kappa shape index (κ3) is 4.12. The third-order valence-electron chi connectivity index (χ3n) is 4.59.